The summed E-state index contributed by atoms with van der Waals surface area (Å²) in [6.07, 6.45) is 0.449. The molecule has 1 aromatic heterocycles. The first-order chi connectivity index (χ1) is 12.1. The van der Waals surface area contributed by atoms with Crippen molar-refractivity contribution >= 4 is 28.5 Å². The fourth-order valence-electron chi connectivity index (χ4n) is 3.21. The van der Waals surface area contributed by atoms with Crippen molar-refractivity contribution in [3.63, 3.8) is 0 Å². The Hall–Kier alpha value is -2.82. The molecule has 0 aliphatic heterocycles. The monoisotopic (exact) mass is 336 g/mol. The summed E-state index contributed by atoms with van der Waals surface area (Å²) < 4.78 is 1.88. The second kappa shape index (κ2) is 6.97. The van der Waals surface area contributed by atoms with Gasteiger partial charge < -0.3 is 10.6 Å². The summed E-state index contributed by atoms with van der Waals surface area (Å²) in [5, 5.41) is 0. The molecule has 0 spiro atoms. The second-order valence-electron chi connectivity index (χ2n) is 5.94. The van der Waals surface area contributed by atoms with E-state index < -0.39 is 0 Å². The van der Waals surface area contributed by atoms with Crippen LogP contribution in [0.2, 0.25) is 0 Å². The van der Waals surface area contributed by atoms with Crippen LogP contribution in [-0.4, -0.2) is 28.4 Å². The molecule has 0 amide bonds. The van der Waals surface area contributed by atoms with Gasteiger partial charge in [0, 0.05) is 30.8 Å². The van der Waals surface area contributed by atoms with Crippen LogP contribution >= 0.6 is 0 Å². The molecule has 0 bridgehead atoms. The molecule has 0 aliphatic rings. The number of carbonyl (C=O) groups is 1. The molecular weight excluding hydrogens is 312 g/mol. The molecule has 0 radical (unpaired) electrons. The number of fused-ring (bicyclic) bond motifs is 1. The van der Waals surface area contributed by atoms with Gasteiger partial charge in [-0.15, -0.1) is 0 Å². The van der Waals surface area contributed by atoms with Crippen molar-refractivity contribution in [1.29, 1.82) is 0 Å². The molecule has 3 aromatic rings. The molecule has 0 atom stereocenters. The Bertz CT molecular complexity index is 909. The second-order valence-corrected chi connectivity index (χ2v) is 5.94. The SMILES string of the molecule is CCC(=O)c1ccc(N(CC)CC)cc1-n1c(N)nc2ccccc21. The number of Topliss-reactive ketones (excluding diaryl/α,β-unsaturated/α-hetero) is 1. The van der Waals surface area contributed by atoms with Crippen molar-refractivity contribution in [2.45, 2.75) is 27.2 Å². The summed E-state index contributed by atoms with van der Waals surface area (Å²) in [5.74, 6) is 0.487. The summed E-state index contributed by atoms with van der Waals surface area (Å²) in [6, 6.07) is 13.7. The fraction of sp³-hybridized carbons (Fsp3) is 0.300. The standard InChI is InChI=1S/C20H24N4O/c1-4-19(25)15-12-11-14(23(5-2)6-3)13-18(15)24-17-10-8-7-9-16(17)22-20(24)21/h7-13H,4-6H2,1-3H3,(H2,21,22). The highest BCUT2D eigenvalue weighted by Gasteiger charge is 2.18. The molecule has 5 heteroatoms. The zero-order valence-electron chi connectivity index (χ0n) is 15.0. The largest absolute Gasteiger partial charge is 0.372 e. The number of para-hydroxylation sites is 2. The van der Waals surface area contributed by atoms with Gasteiger partial charge in [-0.2, -0.15) is 0 Å². The number of hydrogen-bond acceptors (Lipinski definition) is 4. The zero-order chi connectivity index (χ0) is 18.0. The number of imidazole rings is 1. The fourth-order valence-corrected chi connectivity index (χ4v) is 3.21. The molecular formula is C20H24N4O. The maximum atomic E-state index is 12.5. The highest BCUT2D eigenvalue weighted by molar-refractivity contribution is 6.01. The van der Waals surface area contributed by atoms with Gasteiger partial charge in [-0.05, 0) is 44.2 Å². The average Bonchev–Trinajstić information content (AvgIpc) is 2.97. The molecule has 2 N–H and O–H groups in total. The third kappa shape index (κ3) is 2.97. The predicted octanol–water partition coefficient (Wildman–Crippen LogP) is 4.05. The minimum Gasteiger partial charge on any atom is -0.372 e. The van der Waals surface area contributed by atoms with Crippen LogP contribution in [0.25, 0.3) is 16.7 Å². The van der Waals surface area contributed by atoms with Gasteiger partial charge in [0.2, 0.25) is 5.95 Å². The number of nitrogens with two attached hydrogens (primary N) is 1. The van der Waals surface area contributed by atoms with Gasteiger partial charge >= 0.3 is 0 Å². The van der Waals surface area contributed by atoms with Crippen LogP contribution in [0, 0.1) is 0 Å². The van der Waals surface area contributed by atoms with E-state index in [4.69, 9.17) is 5.73 Å². The number of nitrogen functional groups attached to an aromatic ring is 1. The van der Waals surface area contributed by atoms with Crippen LogP contribution in [0.4, 0.5) is 11.6 Å². The maximum Gasteiger partial charge on any atom is 0.205 e. The van der Waals surface area contributed by atoms with E-state index in [0.717, 1.165) is 35.5 Å². The summed E-state index contributed by atoms with van der Waals surface area (Å²) in [7, 11) is 0. The molecule has 0 unspecified atom stereocenters. The summed E-state index contributed by atoms with van der Waals surface area (Å²) in [4.78, 5) is 19.2. The molecule has 0 saturated carbocycles. The van der Waals surface area contributed by atoms with Gasteiger partial charge in [0.1, 0.15) is 0 Å². The molecule has 2 aromatic carbocycles. The third-order valence-electron chi connectivity index (χ3n) is 4.56. The summed E-state index contributed by atoms with van der Waals surface area (Å²) >= 11 is 0. The van der Waals surface area contributed by atoms with Gasteiger partial charge in [-0.1, -0.05) is 19.1 Å². The Morgan fingerprint density at radius 1 is 1.12 bits per heavy atom. The van der Waals surface area contributed by atoms with E-state index in [1.165, 1.54) is 0 Å². The Labute approximate surface area is 148 Å². The number of nitrogens with zero attached hydrogens (tertiary/aromatic N) is 3. The van der Waals surface area contributed by atoms with E-state index in [-0.39, 0.29) is 5.78 Å². The van der Waals surface area contributed by atoms with Gasteiger partial charge in [-0.25, -0.2) is 4.98 Å². The molecule has 1 heterocycles. The molecule has 25 heavy (non-hydrogen) atoms. The maximum absolute atomic E-state index is 12.5. The Morgan fingerprint density at radius 3 is 2.52 bits per heavy atom. The Kier molecular flexibility index (Phi) is 4.74. The highest BCUT2D eigenvalue weighted by Crippen LogP contribution is 2.29. The van der Waals surface area contributed by atoms with Crippen LogP contribution in [0.1, 0.15) is 37.6 Å². The van der Waals surface area contributed by atoms with Gasteiger partial charge in [0.05, 0.1) is 16.7 Å². The molecule has 0 saturated heterocycles. The number of carbonyl (C=O) groups excluding carboxylic acids is 1. The van der Waals surface area contributed by atoms with Crippen molar-refractivity contribution in [2.75, 3.05) is 23.7 Å². The average molecular weight is 336 g/mol. The van der Waals surface area contributed by atoms with Crippen LogP contribution in [0.3, 0.4) is 0 Å². The number of aromatic nitrogens is 2. The minimum absolute atomic E-state index is 0.0956. The van der Waals surface area contributed by atoms with Gasteiger partial charge in [0.25, 0.3) is 0 Å². The quantitative estimate of drug-likeness (QED) is 0.690. The van der Waals surface area contributed by atoms with Crippen LogP contribution in [0.5, 0.6) is 0 Å². The van der Waals surface area contributed by atoms with E-state index in [1.54, 1.807) is 0 Å². The Balaban J connectivity index is 2.29. The Morgan fingerprint density at radius 2 is 1.84 bits per heavy atom. The lowest BCUT2D eigenvalue weighted by Gasteiger charge is -2.23. The van der Waals surface area contributed by atoms with Crippen molar-refractivity contribution in [3.05, 3.63) is 48.0 Å². The first-order valence-corrected chi connectivity index (χ1v) is 8.76. The van der Waals surface area contributed by atoms with Crippen molar-refractivity contribution in [3.8, 4) is 5.69 Å². The normalized spacial score (nSPS) is 11.0. The number of ketones is 1. The van der Waals surface area contributed by atoms with E-state index in [0.29, 0.717) is 17.9 Å². The van der Waals surface area contributed by atoms with Gasteiger partial charge in [0.15, 0.2) is 5.78 Å². The van der Waals surface area contributed by atoms with Crippen LogP contribution < -0.4 is 10.6 Å². The van der Waals surface area contributed by atoms with Crippen LogP contribution in [0.15, 0.2) is 42.5 Å². The van der Waals surface area contributed by atoms with E-state index >= 15 is 0 Å². The molecule has 5 nitrogen and oxygen atoms in total. The number of anilines is 2. The summed E-state index contributed by atoms with van der Waals surface area (Å²) in [6.45, 7) is 7.92. The number of hydrogen-bond donors (Lipinski definition) is 1. The van der Waals surface area contributed by atoms with Crippen molar-refractivity contribution in [2.24, 2.45) is 0 Å². The first kappa shape index (κ1) is 17.0. The third-order valence-corrected chi connectivity index (χ3v) is 4.56. The molecule has 0 fully saturated rings. The molecule has 0 aliphatic carbocycles. The van der Waals surface area contributed by atoms with E-state index in [2.05, 4.69) is 23.7 Å². The molecule has 3 rings (SSSR count). The minimum atomic E-state index is 0.0956. The smallest absolute Gasteiger partial charge is 0.205 e. The topological polar surface area (TPSA) is 64.2 Å². The van der Waals surface area contributed by atoms with Gasteiger partial charge in [-0.3, -0.25) is 9.36 Å². The highest BCUT2D eigenvalue weighted by atomic mass is 16.1. The number of benzene rings is 2. The summed E-state index contributed by atoms with van der Waals surface area (Å²) in [5.41, 5.74) is 10.5. The zero-order valence-corrected chi connectivity index (χ0v) is 15.0. The lowest BCUT2D eigenvalue weighted by molar-refractivity contribution is 0.0988. The van der Waals surface area contributed by atoms with Crippen LogP contribution in [-0.2, 0) is 0 Å². The predicted molar refractivity (Wildman–Crippen MR) is 104 cm³/mol. The lowest BCUT2D eigenvalue weighted by Crippen LogP contribution is -2.22. The lowest BCUT2D eigenvalue weighted by atomic mass is 10.0. The van der Waals surface area contributed by atoms with E-state index in [9.17, 15) is 4.79 Å². The number of rotatable bonds is 6. The van der Waals surface area contributed by atoms with E-state index in [1.807, 2.05) is 54.0 Å². The van der Waals surface area contributed by atoms with Crippen molar-refractivity contribution in [1.82, 2.24) is 9.55 Å². The van der Waals surface area contributed by atoms with Crippen molar-refractivity contribution < 1.29 is 4.79 Å². The first-order valence-electron chi connectivity index (χ1n) is 8.76. The molecule has 130 valence electrons.